The van der Waals surface area contributed by atoms with Crippen LogP contribution in [0.5, 0.6) is 0 Å². The number of anilines is 1. The SMILES string of the molecule is COC(=O)C1CN(c2cc(=O)n(C)c3ccc(C#N)nc23)CCN1. The van der Waals surface area contributed by atoms with Crippen LogP contribution in [-0.2, 0) is 16.6 Å². The molecule has 3 heterocycles. The second-order valence-corrected chi connectivity index (χ2v) is 5.58. The van der Waals surface area contributed by atoms with Gasteiger partial charge in [-0.1, -0.05) is 0 Å². The van der Waals surface area contributed by atoms with Gasteiger partial charge in [-0.3, -0.25) is 9.59 Å². The molecule has 0 aliphatic carbocycles. The van der Waals surface area contributed by atoms with Gasteiger partial charge in [0.15, 0.2) is 0 Å². The number of fused-ring (bicyclic) bond motifs is 1. The van der Waals surface area contributed by atoms with Gasteiger partial charge in [0.25, 0.3) is 5.56 Å². The molecule has 0 aromatic carbocycles. The molecule has 1 fully saturated rings. The van der Waals surface area contributed by atoms with Crippen LogP contribution < -0.4 is 15.8 Å². The van der Waals surface area contributed by atoms with Crippen LogP contribution >= 0.6 is 0 Å². The third kappa shape index (κ3) is 2.70. The number of nitriles is 1. The normalized spacial score (nSPS) is 17.5. The van der Waals surface area contributed by atoms with Crippen molar-refractivity contribution < 1.29 is 9.53 Å². The average Bonchev–Trinajstić information content (AvgIpc) is 2.63. The first-order valence-corrected chi connectivity index (χ1v) is 7.52. The Morgan fingerprint density at radius 1 is 1.50 bits per heavy atom. The monoisotopic (exact) mass is 327 g/mol. The molecular formula is C16H17N5O3. The minimum atomic E-state index is -0.470. The smallest absolute Gasteiger partial charge is 0.324 e. The molecule has 0 spiro atoms. The molecule has 1 saturated heterocycles. The van der Waals surface area contributed by atoms with Crippen molar-refractivity contribution in [2.45, 2.75) is 6.04 Å². The molecule has 1 N–H and O–H groups in total. The lowest BCUT2D eigenvalue weighted by Gasteiger charge is -2.34. The van der Waals surface area contributed by atoms with Crippen molar-refractivity contribution in [3.63, 3.8) is 0 Å². The lowest BCUT2D eigenvalue weighted by molar-refractivity contribution is -0.143. The molecule has 2 aromatic heterocycles. The molecule has 8 heteroatoms. The Kier molecular flexibility index (Phi) is 4.18. The van der Waals surface area contributed by atoms with E-state index >= 15 is 0 Å². The molecule has 8 nitrogen and oxygen atoms in total. The summed E-state index contributed by atoms with van der Waals surface area (Å²) in [6.07, 6.45) is 0. The minimum absolute atomic E-state index is 0.169. The molecule has 0 amide bonds. The highest BCUT2D eigenvalue weighted by molar-refractivity contribution is 5.89. The Hall–Kier alpha value is -2.92. The molecule has 1 aliphatic heterocycles. The fourth-order valence-electron chi connectivity index (χ4n) is 2.88. The number of ether oxygens (including phenoxy) is 1. The van der Waals surface area contributed by atoms with Crippen LogP contribution in [0.1, 0.15) is 5.69 Å². The number of rotatable bonds is 2. The zero-order valence-corrected chi connectivity index (χ0v) is 13.4. The number of nitrogens with zero attached hydrogens (tertiary/aromatic N) is 4. The maximum atomic E-state index is 12.3. The van der Waals surface area contributed by atoms with Crippen LogP contribution in [0, 0.1) is 11.3 Å². The summed E-state index contributed by atoms with van der Waals surface area (Å²) in [6, 6.07) is 6.34. The molecule has 3 rings (SSSR count). The largest absolute Gasteiger partial charge is 0.468 e. The van der Waals surface area contributed by atoms with Gasteiger partial charge in [0.2, 0.25) is 0 Å². The average molecular weight is 327 g/mol. The molecule has 0 radical (unpaired) electrons. The van der Waals surface area contributed by atoms with E-state index in [1.807, 2.05) is 11.0 Å². The van der Waals surface area contributed by atoms with Crippen molar-refractivity contribution in [2.24, 2.45) is 7.05 Å². The number of nitrogens with one attached hydrogen (secondary N) is 1. The van der Waals surface area contributed by atoms with E-state index in [4.69, 9.17) is 10.00 Å². The molecule has 124 valence electrons. The van der Waals surface area contributed by atoms with Gasteiger partial charge in [0.05, 0.1) is 18.3 Å². The zero-order valence-electron chi connectivity index (χ0n) is 13.4. The maximum absolute atomic E-state index is 12.3. The molecule has 24 heavy (non-hydrogen) atoms. The van der Waals surface area contributed by atoms with Gasteiger partial charge in [-0.05, 0) is 12.1 Å². The number of piperazine rings is 1. The maximum Gasteiger partial charge on any atom is 0.324 e. The fraction of sp³-hybridized carbons (Fsp3) is 0.375. The summed E-state index contributed by atoms with van der Waals surface area (Å²) in [4.78, 5) is 30.3. The third-order valence-corrected chi connectivity index (χ3v) is 4.19. The standard InChI is InChI=1S/C16H17N5O3/c1-20-12-4-3-10(8-17)19-15(12)13(7-14(20)22)21-6-5-18-11(9-21)16(23)24-2/h3-4,7,11,18H,5-6,9H2,1-2H3. The first-order valence-electron chi connectivity index (χ1n) is 7.52. The molecule has 1 unspecified atom stereocenters. The topological polar surface area (TPSA) is 100 Å². The van der Waals surface area contributed by atoms with Crippen molar-refractivity contribution in [1.82, 2.24) is 14.9 Å². The number of carbonyl (C=O) groups is 1. The lowest BCUT2D eigenvalue weighted by Crippen LogP contribution is -2.54. The lowest BCUT2D eigenvalue weighted by atomic mass is 10.1. The van der Waals surface area contributed by atoms with E-state index in [0.717, 1.165) is 0 Å². The van der Waals surface area contributed by atoms with Gasteiger partial charge < -0.3 is 19.5 Å². The van der Waals surface area contributed by atoms with Crippen LogP contribution in [0.2, 0.25) is 0 Å². The van der Waals surface area contributed by atoms with E-state index in [1.165, 1.54) is 17.7 Å². The first kappa shape index (κ1) is 16.0. The van der Waals surface area contributed by atoms with Crippen molar-refractivity contribution in [3.8, 4) is 6.07 Å². The van der Waals surface area contributed by atoms with Gasteiger partial charge in [0.1, 0.15) is 23.3 Å². The Labute approximate surface area is 138 Å². The second-order valence-electron chi connectivity index (χ2n) is 5.58. The van der Waals surface area contributed by atoms with Gasteiger partial charge >= 0.3 is 5.97 Å². The molecule has 1 aliphatic rings. The molecule has 0 saturated carbocycles. The van der Waals surface area contributed by atoms with E-state index in [1.54, 1.807) is 19.2 Å². The highest BCUT2D eigenvalue weighted by atomic mass is 16.5. The second kappa shape index (κ2) is 6.29. The quantitative estimate of drug-likeness (QED) is 0.760. The van der Waals surface area contributed by atoms with E-state index in [2.05, 4.69) is 10.3 Å². The highest BCUT2D eigenvalue weighted by Crippen LogP contribution is 2.24. The van der Waals surface area contributed by atoms with Crippen LogP contribution in [0.3, 0.4) is 0 Å². The number of esters is 1. The minimum Gasteiger partial charge on any atom is -0.468 e. The Morgan fingerprint density at radius 3 is 3.00 bits per heavy atom. The van der Waals surface area contributed by atoms with Crippen molar-refractivity contribution in [3.05, 3.63) is 34.2 Å². The Morgan fingerprint density at radius 2 is 2.29 bits per heavy atom. The van der Waals surface area contributed by atoms with Gasteiger partial charge in [-0.15, -0.1) is 0 Å². The highest BCUT2D eigenvalue weighted by Gasteiger charge is 2.27. The molecular weight excluding hydrogens is 310 g/mol. The number of carbonyl (C=O) groups excluding carboxylic acids is 1. The van der Waals surface area contributed by atoms with E-state index in [9.17, 15) is 9.59 Å². The number of hydrogen-bond acceptors (Lipinski definition) is 7. The Bertz CT molecular complexity index is 899. The summed E-state index contributed by atoms with van der Waals surface area (Å²) >= 11 is 0. The summed E-state index contributed by atoms with van der Waals surface area (Å²) in [6.45, 7) is 1.57. The summed E-state index contributed by atoms with van der Waals surface area (Å²) < 4.78 is 6.28. The molecule has 0 bridgehead atoms. The van der Waals surface area contributed by atoms with Crippen LogP contribution in [0.4, 0.5) is 5.69 Å². The Balaban J connectivity index is 2.11. The van der Waals surface area contributed by atoms with E-state index in [-0.39, 0.29) is 17.2 Å². The van der Waals surface area contributed by atoms with Crippen molar-refractivity contribution in [1.29, 1.82) is 5.26 Å². The predicted molar refractivity (Wildman–Crippen MR) is 87.7 cm³/mol. The van der Waals surface area contributed by atoms with Crippen LogP contribution in [-0.4, -0.2) is 48.3 Å². The van der Waals surface area contributed by atoms with Crippen molar-refractivity contribution >= 4 is 22.7 Å². The number of pyridine rings is 2. The van der Waals surface area contributed by atoms with E-state index < -0.39 is 6.04 Å². The fourth-order valence-corrected chi connectivity index (χ4v) is 2.88. The van der Waals surface area contributed by atoms with Crippen LogP contribution in [0.15, 0.2) is 23.0 Å². The van der Waals surface area contributed by atoms with Crippen molar-refractivity contribution in [2.75, 3.05) is 31.6 Å². The van der Waals surface area contributed by atoms with Gasteiger partial charge in [0, 0.05) is 32.7 Å². The summed E-state index contributed by atoms with van der Waals surface area (Å²) in [5, 5.41) is 12.2. The summed E-state index contributed by atoms with van der Waals surface area (Å²) in [5.74, 6) is -0.349. The van der Waals surface area contributed by atoms with E-state index in [0.29, 0.717) is 36.4 Å². The molecule has 2 aromatic rings. The van der Waals surface area contributed by atoms with Crippen LogP contribution in [0.25, 0.3) is 11.0 Å². The first-order chi connectivity index (χ1) is 11.5. The third-order valence-electron chi connectivity index (χ3n) is 4.19. The zero-order chi connectivity index (χ0) is 17.3. The van der Waals surface area contributed by atoms with Gasteiger partial charge in [-0.2, -0.15) is 5.26 Å². The number of aryl methyl sites for hydroxylation is 1. The number of hydrogen-bond donors (Lipinski definition) is 1. The number of methoxy groups -OCH3 is 1. The van der Waals surface area contributed by atoms with Gasteiger partial charge in [-0.25, -0.2) is 4.98 Å². The summed E-state index contributed by atoms with van der Waals surface area (Å²) in [7, 11) is 3.01. The predicted octanol–water partition coefficient (Wildman–Crippen LogP) is -0.244. The number of aromatic nitrogens is 2. The summed E-state index contributed by atoms with van der Waals surface area (Å²) in [5.41, 5.74) is 1.95. The molecule has 1 atom stereocenters.